The van der Waals surface area contributed by atoms with Crippen LogP contribution in [0.5, 0.6) is 0 Å². The number of nitrogens with zero attached hydrogens (tertiary/aromatic N) is 1. The number of para-hydroxylation sites is 1. The molecule has 3 aromatic carbocycles. The number of benzene rings is 3. The van der Waals surface area contributed by atoms with Crippen LogP contribution in [-0.4, -0.2) is 25.0 Å². The minimum absolute atomic E-state index is 0.00287. The summed E-state index contributed by atoms with van der Waals surface area (Å²) >= 11 is 0. The zero-order valence-electron chi connectivity index (χ0n) is 15.8. The summed E-state index contributed by atoms with van der Waals surface area (Å²) in [4.78, 5) is 13.1. The van der Waals surface area contributed by atoms with Crippen molar-refractivity contribution < 1.29 is 17.9 Å². The Morgan fingerprint density at radius 2 is 1.45 bits per heavy atom. The predicted molar refractivity (Wildman–Crippen MR) is 112 cm³/mol. The highest BCUT2D eigenvalue weighted by Gasteiger charge is 2.31. The molecule has 1 heterocycles. The van der Waals surface area contributed by atoms with Crippen LogP contribution >= 0.6 is 0 Å². The number of hydrogen-bond acceptors (Lipinski definition) is 4. The normalized spacial score (nSPS) is 11.5. The molecule has 0 aliphatic carbocycles. The smallest absolute Gasteiger partial charge is 0.356 e. The van der Waals surface area contributed by atoms with Gasteiger partial charge in [0, 0.05) is 10.9 Å². The number of esters is 1. The SMILES string of the molecule is CCOC(=O)c1c(-c2ccccc2)c2ccccc2n1S(=O)(=O)c1ccccc1. The Balaban J connectivity index is 2.15. The molecule has 0 bridgehead atoms. The fraction of sp³-hybridized carbons (Fsp3) is 0.0870. The average Bonchev–Trinajstić information content (AvgIpc) is 3.11. The summed E-state index contributed by atoms with van der Waals surface area (Å²) in [5.74, 6) is -0.679. The van der Waals surface area contributed by atoms with Gasteiger partial charge in [-0.15, -0.1) is 0 Å². The summed E-state index contributed by atoms with van der Waals surface area (Å²) < 4.78 is 33.5. The van der Waals surface area contributed by atoms with Crippen molar-refractivity contribution in [3.05, 3.63) is 90.6 Å². The molecule has 0 spiro atoms. The van der Waals surface area contributed by atoms with Crippen molar-refractivity contribution in [1.29, 1.82) is 0 Å². The van der Waals surface area contributed by atoms with Gasteiger partial charge in [0.1, 0.15) is 0 Å². The Morgan fingerprint density at radius 1 is 0.862 bits per heavy atom. The lowest BCUT2D eigenvalue weighted by Crippen LogP contribution is -2.20. The van der Waals surface area contributed by atoms with Crippen molar-refractivity contribution in [1.82, 2.24) is 3.97 Å². The van der Waals surface area contributed by atoms with Crippen LogP contribution in [0, 0.1) is 0 Å². The Kier molecular flexibility index (Phi) is 4.94. The number of aromatic nitrogens is 1. The molecule has 0 saturated heterocycles. The monoisotopic (exact) mass is 405 g/mol. The first-order chi connectivity index (χ1) is 14.1. The molecule has 29 heavy (non-hydrogen) atoms. The zero-order chi connectivity index (χ0) is 20.4. The van der Waals surface area contributed by atoms with Crippen LogP contribution < -0.4 is 0 Å². The number of rotatable bonds is 5. The molecule has 0 saturated carbocycles. The number of ether oxygens (including phenoxy) is 1. The minimum Gasteiger partial charge on any atom is -0.461 e. The van der Waals surface area contributed by atoms with Gasteiger partial charge in [0.25, 0.3) is 10.0 Å². The van der Waals surface area contributed by atoms with E-state index in [9.17, 15) is 13.2 Å². The highest BCUT2D eigenvalue weighted by Crippen LogP contribution is 2.37. The van der Waals surface area contributed by atoms with E-state index in [-0.39, 0.29) is 17.2 Å². The van der Waals surface area contributed by atoms with Gasteiger partial charge in [0.05, 0.1) is 17.0 Å². The first kappa shape index (κ1) is 19.0. The summed E-state index contributed by atoms with van der Waals surface area (Å²) in [6.07, 6.45) is 0. The molecule has 6 heteroatoms. The van der Waals surface area contributed by atoms with E-state index in [2.05, 4.69) is 0 Å². The molecule has 0 unspecified atom stereocenters. The second kappa shape index (κ2) is 7.56. The van der Waals surface area contributed by atoms with Crippen molar-refractivity contribution in [2.75, 3.05) is 6.61 Å². The number of fused-ring (bicyclic) bond motifs is 1. The second-order valence-electron chi connectivity index (χ2n) is 6.41. The quantitative estimate of drug-likeness (QED) is 0.451. The van der Waals surface area contributed by atoms with Crippen molar-refractivity contribution in [3.63, 3.8) is 0 Å². The molecule has 146 valence electrons. The van der Waals surface area contributed by atoms with E-state index in [1.165, 1.54) is 12.1 Å². The molecule has 0 amide bonds. The van der Waals surface area contributed by atoms with Crippen molar-refractivity contribution in [3.8, 4) is 11.1 Å². The van der Waals surface area contributed by atoms with E-state index in [1.807, 2.05) is 42.5 Å². The molecule has 1 aromatic heterocycles. The van der Waals surface area contributed by atoms with E-state index in [0.717, 1.165) is 9.54 Å². The average molecular weight is 405 g/mol. The van der Waals surface area contributed by atoms with E-state index in [4.69, 9.17) is 4.74 Å². The Labute approximate surface area is 169 Å². The van der Waals surface area contributed by atoms with Gasteiger partial charge < -0.3 is 4.74 Å². The van der Waals surface area contributed by atoms with Crippen LogP contribution in [0.15, 0.2) is 89.8 Å². The fourth-order valence-corrected chi connectivity index (χ4v) is 4.98. The molecule has 0 fully saturated rings. The zero-order valence-corrected chi connectivity index (χ0v) is 16.6. The van der Waals surface area contributed by atoms with E-state index < -0.39 is 16.0 Å². The predicted octanol–water partition coefficient (Wildman–Crippen LogP) is 4.72. The molecular weight excluding hydrogens is 386 g/mol. The van der Waals surface area contributed by atoms with Crippen LogP contribution in [-0.2, 0) is 14.8 Å². The van der Waals surface area contributed by atoms with Gasteiger partial charge in [0.15, 0.2) is 5.69 Å². The maximum absolute atomic E-state index is 13.6. The third kappa shape index (κ3) is 3.21. The Morgan fingerprint density at radius 3 is 2.10 bits per heavy atom. The fourth-order valence-electron chi connectivity index (χ4n) is 3.44. The maximum atomic E-state index is 13.6. The van der Waals surface area contributed by atoms with E-state index in [1.54, 1.807) is 37.3 Å². The van der Waals surface area contributed by atoms with Gasteiger partial charge in [-0.1, -0.05) is 66.7 Å². The molecule has 0 aliphatic rings. The van der Waals surface area contributed by atoms with E-state index in [0.29, 0.717) is 16.5 Å². The minimum atomic E-state index is -4.03. The summed E-state index contributed by atoms with van der Waals surface area (Å²) in [5.41, 5.74) is 1.72. The van der Waals surface area contributed by atoms with Gasteiger partial charge >= 0.3 is 5.97 Å². The van der Waals surface area contributed by atoms with Crippen LogP contribution in [0.4, 0.5) is 0 Å². The maximum Gasteiger partial charge on any atom is 0.356 e. The molecule has 4 rings (SSSR count). The van der Waals surface area contributed by atoms with Crippen LogP contribution in [0.1, 0.15) is 17.4 Å². The van der Waals surface area contributed by atoms with Crippen LogP contribution in [0.3, 0.4) is 0 Å². The Bertz CT molecular complexity index is 1280. The lowest BCUT2D eigenvalue weighted by atomic mass is 10.0. The summed E-state index contributed by atoms with van der Waals surface area (Å²) in [6, 6.07) is 24.4. The highest BCUT2D eigenvalue weighted by molar-refractivity contribution is 7.90. The highest BCUT2D eigenvalue weighted by atomic mass is 32.2. The first-order valence-corrected chi connectivity index (χ1v) is 10.7. The summed E-state index contributed by atoms with van der Waals surface area (Å²) in [7, 11) is -4.03. The van der Waals surface area contributed by atoms with Gasteiger partial charge in [-0.2, -0.15) is 0 Å². The van der Waals surface area contributed by atoms with Crippen molar-refractivity contribution in [2.24, 2.45) is 0 Å². The van der Waals surface area contributed by atoms with Gasteiger partial charge in [-0.3, -0.25) is 0 Å². The van der Waals surface area contributed by atoms with Gasteiger partial charge in [-0.25, -0.2) is 17.2 Å². The third-order valence-corrected chi connectivity index (χ3v) is 6.37. The summed E-state index contributed by atoms with van der Waals surface area (Å²) in [6.45, 7) is 1.83. The molecular formula is C23H19NO4S. The molecule has 0 aliphatic heterocycles. The molecule has 0 N–H and O–H groups in total. The number of carbonyl (C=O) groups excluding carboxylic acids is 1. The van der Waals surface area contributed by atoms with E-state index >= 15 is 0 Å². The largest absolute Gasteiger partial charge is 0.461 e. The molecule has 0 radical (unpaired) electrons. The summed E-state index contributed by atoms with van der Waals surface area (Å²) in [5, 5.41) is 0.668. The lowest BCUT2D eigenvalue weighted by Gasteiger charge is -2.12. The molecule has 4 aromatic rings. The van der Waals surface area contributed by atoms with Crippen LogP contribution in [0.25, 0.3) is 22.0 Å². The third-order valence-electron chi connectivity index (χ3n) is 4.64. The number of carbonyl (C=O) groups is 1. The lowest BCUT2D eigenvalue weighted by molar-refractivity contribution is 0.0519. The van der Waals surface area contributed by atoms with Crippen molar-refractivity contribution >= 4 is 26.9 Å². The van der Waals surface area contributed by atoms with Gasteiger partial charge in [-0.05, 0) is 30.7 Å². The van der Waals surface area contributed by atoms with Crippen molar-refractivity contribution in [2.45, 2.75) is 11.8 Å². The standard InChI is InChI=1S/C23H19NO4S/c1-2-28-23(25)22-21(17-11-5-3-6-12-17)19-15-9-10-16-20(19)24(22)29(26,27)18-13-7-4-8-14-18/h3-16H,2H2,1H3. The first-order valence-electron chi connectivity index (χ1n) is 9.22. The molecule has 5 nitrogen and oxygen atoms in total. The topological polar surface area (TPSA) is 65.4 Å². The second-order valence-corrected chi connectivity index (χ2v) is 8.20. The van der Waals surface area contributed by atoms with Crippen LogP contribution in [0.2, 0.25) is 0 Å². The number of hydrogen-bond donors (Lipinski definition) is 0. The van der Waals surface area contributed by atoms with Gasteiger partial charge in [0.2, 0.25) is 0 Å². The Hall–Kier alpha value is -3.38. The molecule has 0 atom stereocenters.